The van der Waals surface area contributed by atoms with E-state index in [1.807, 2.05) is 0 Å². The minimum atomic E-state index is -0.0301. The highest BCUT2D eigenvalue weighted by molar-refractivity contribution is 8.00. The standard InChI is InChI=1S/C5H10N2OS/c6-7-5(8)4-2-1-3-9-4/h4H,1-3,6H2,(H,7,8). The van der Waals surface area contributed by atoms with Crippen molar-refractivity contribution in [2.75, 3.05) is 5.75 Å². The number of nitrogens with one attached hydrogen (secondary N) is 1. The van der Waals surface area contributed by atoms with Crippen LogP contribution in [0.2, 0.25) is 0 Å². The number of hydrazine groups is 1. The minimum Gasteiger partial charge on any atom is -0.293 e. The smallest absolute Gasteiger partial charge is 0.246 e. The Bertz CT molecular complexity index is 112. The van der Waals surface area contributed by atoms with Gasteiger partial charge >= 0.3 is 0 Å². The number of carbonyl (C=O) groups excluding carboxylic acids is 1. The van der Waals surface area contributed by atoms with Crippen molar-refractivity contribution in [1.82, 2.24) is 5.43 Å². The Morgan fingerprint density at radius 2 is 2.56 bits per heavy atom. The summed E-state index contributed by atoms with van der Waals surface area (Å²) >= 11 is 1.68. The van der Waals surface area contributed by atoms with E-state index in [2.05, 4.69) is 5.43 Å². The average molecular weight is 146 g/mol. The lowest BCUT2D eigenvalue weighted by molar-refractivity contribution is -0.120. The summed E-state index contributed by atoms with van der Waals surface area (Å²) in [6.45, 7) is 0. The topological polar surface area (TPSA) is 55.1 Å². The Labute approximate surface area is 58.3 Å². The molecule has 0 saturated carbocycles. The molecule has 3 nitrogen and oxygen atoms in total. The predicted molar refractivity (Wildman–Crippen MR) is 37.8 cm³/mol. The maximum absolute atomic E-state index is 10.8. The first kappa shape index (κ1) is 6.89. The second kappa shape index (κ2) is 3.08. The zero-order valence-corrected chi connectivity index (χ0v) is 5.91. The fourth-order valence-electron chi connectivity index (χ4n) is 0.877. The van der Waals surface area contributed by atoms with Crippen LogP contribution in [-0.2, 0) is 4.79 Å². The minimum absolute atomic E-state index is 0.0301. The van der Waals surface area contributed by atoms with Crippen LogP contribution in [0.4, 0.5) is 0 Å². The molecule has 0 aromatic heterocycles. The Hall–Kier alpha value is -0.220. The monoisotopic (exact) mass is 146 g/mol. The van der Waals surface area contributed by atoms with Gasteiger partial charge in [0.25, 0.3) is 0 Å². The molecule has 0 aromatic carbocycles. The van der Waals surface area contributed by atoms with Gasteiger partial charge in [0.05, 0.1) is 5.25 Å². The van der Waals surface area contributed by atoms with Crippen molar-refractivity contribution in [3.8, 4) is 0 Å². The number of thioether (sulfide) groups is 1. The van der Waals surface area contributed by atoms with Gasteiger partial charge in [0.2, 0.25) is 5.91 Å². The fraction of sp³-hybridized carbons (Fsp3) is 0.800. The van der Waals surface area contributed by atoms with Gasteiger partial charge in [0.15, 0.2) is 0 Å². The van der Waals surface area contributed by atoms with Crippen LogP contribution in [0.3, 0.4) is 0 Å². The van der Waals surface area contributed by atoms with Gasteiger partial charge in [-0.25, -0.2) is 5.84 Å². The summed E-state index contributed by atoms with van der Waals surface area (Å²) in [6, 6.07) is 0. The largest absolute Gasteiger partial charge is 0.293 e. The highest BCUT2D eigenvalue weighted by atomic mass is 32.2. The molecule has 52 valence electrons. The number of carbonyl (C=O) groups is 1. The third kappa shape index (κ3) is 1.59. The van der Waals surface area contributed by atoms with Gasteiger partial charge in [-0.2, -0.15) is 0 Å². The molecular weight excluding hydrogens is 136 g/mol. The van der Waals surface area contributed by atoms with E-state index in [4.69, 9.17) is 5.84 Å². The van der Waals surface area contributed by atoms with Crippen molar-refractivity contribution in [2.45, 2.75) is 18.1 Å². The number of nitrogens with two attached hydrogens (primary N) is 1. The molecule has 1 heterocycles. The fourth-order valence-corrected chi connectivity index (χ4v) is 2.05. The van der Waals surface area contributed by atoms with E-state index in [-0.39, 0.29) is 11.2 Å². The summed E-state index contributed by atoms with van der Waals surface area (Å²) < 4.78 is 0. The molecule has 1 atom stereocenters. The van der Waals surface area contributed by atoms with Gasteiger partial charge in [-0.15, -0.1) is 11.8 Å². The van der Waals surface area contributed by atoms with Crippen LogP contribution in [-0.4, -0.2) is 16.9 Å². The van der Waals surface area contributed by atoms with Crippen LogP contribution >= 0.6 is 11.8 Å². The van der Waals surface area contributed by atoms with E-state index >= 15 is 0 Å². The predicted octanol–water partition coefficient (Wildman–Crippen LogP) is -0.128. The van der Waals surface area contributed by atoms with Crippen LogP contribution in [0.15, 0.2) is 0 Å². The lowest BCUT2D eigenvalue weighted by Crippen LogP contribution is -2.36. The molecule has 1 amide bonds. The van der Waals surface area contributed by atoms with Gasteiger partial charge in [-0.1, -0.05) is 0 Å². The Balaban J connectivity index is 2.32. The SMILES string of the molecule is NNC(=O)C1CCCS1. The van der Waals surface area contributed by atoms with Crippen molar-refractivity contribution in [1.29, 1.82) is 0 Å². The Kier molecular flexibility index (Phi) is 2.36. The van der Waals surface area contributed by atoms with Crippen LogP contribution in [0.1, 0.15) is 12.8 Å². The molecule has 1 fully saturated rings. The quantitative estimate of drug-likeness (QED) is 0.308. The molecular formula is C5H10N2OS. The average Bonchev–Trinajstić information content (AvgIpc) is 2.37. The van der Waals surface area contributed by atoms with E-state index in [9.17, 15) is 4.79 Å². The molecule has 0 spiro atoms. The summed E-state index contributed by atoms with van der Waals surface area (Å²) in [6.07, 6.45) is 2.12. The highest BCUT2D eigenvalue weighted by Gasteiger charge is 2.21. The summed E-state index contributed by atoms with van der Waals surface area (Å²) in [5.41, 5.74) is 2.15. The van der Waals surface area contributed by atoms with Crippen molar-refractivity contribution in [2.24, 2.45) is 5.84 Å². The molecule has 4 heteroatoms. The lowest BCUT2D eigenvalue weighted by Gasteiger charge is -2.03. The molecule has 1 unspecified atom stereocenters. The van der Waals surface area contributed by atoms with Crippen LogP contribution in [0.25, 0.3) is 0 Å². The molecule has 3 N–H and O–H groups in total. The lowest BCUT2D eigenvalue weighted by atomic mass is 10.2. The van der Waals surface area contributed by atoms with Gasteiger partial charge < -0.3 is 0 Å². The number of amides is 1. The zero-order valence-electron chi connectivity index (χ0n) is 5.09. The zero-order chi connectivity index (χ0) is 6.69. The van der Waals surface area contributed by atoms with Crippen molar-refractivity contribution >= 4 is 17.7 Å². The van der Waals surface area contributed by atoms with Gasteiger partial charge in [0, 0.05) is 0 Å². The number of hydrogen-bond donors (Lipinski definition) is 2. The molecule has 0 aliphatic carbocycles. The Morgan fingerprint density at radius 3 is 3.00 bits per heavy atom. The van der Waals surface area contributed by atoms with Gasteiger partial charge in [-0.3, -0.25) is 10.2 Å². The van der Waals surface area contributed by atoms with E-state index < -0.39 is 0 Å². The van der Waals surface area contributed by atoms with E-state index in [0.717, 1.165) is 18.6 Å². The summed E-state index contributed by atoms with van der Waals surface area (Å²) in [4.78, 5) is 10.8. The first-order valence-corrected chi connectivity index (χ1v) is 4.01. The number of hydrogen-bond acceptors (Lipinski definition) is 3. The van der Waals surface area contributed by atoms with E-state index in [0.29, 0.717) is 0 Å². The maximum atomic E-state index is 10.8. The van der Waals surface area contributed by atoms with E-state index in [1.165, 1.54) is 0 Å². The first-order valence-electron chi connectivity index (χ1n) is 2.96. The number of rotatable bonds is 1. The van der Waals surface area contributed by atoms with Crippen molar-refractivity contribution in [3.63, 3.8) is 0 Å². The molecule has 0 radical (unpaired) electrons. The van der Waals surface area contributed by atoms with Crippen molar-refractivity contribution < 1.29 is 4.79 Å². The molecule has 9 heavy (non-hydrogen) atoms. The molecule has 0 aromatic rings. The first-order chi connectivity index (χ1) is 4.34. The molecule has 1 aliphatic heterocycles. The maximum Gasteiger partial charge on any atom is 0.246 e. The van der Waals surface area contributed by atoms with Crippen molar-refractivity contribution in [3.05, 3.63) is 0 Å². The molecule has 1 rings (SSSR count). The highest BCUT2D eigenvalue weighted by Crippen LogP contribution is 2.25. The summed E-state index contributed by atoms with van der Waals surface area (Å²) in [5, 5.41) is 0.120. The van der Waals surface area contributed by atoms with Crippen LogP contribution in [0, 0.1) is 0 Å². The normalized spacial score (nSPS) is 26.1. The molecule has 1 aliphatic rings. The molecule has 1 saturated heterocycles. The Morgan fingerprint density at radius 1 is 1.78 bits per heavy atom. The van der Waals surface area contributed by atoms with Gasteiger partial charge in [0.1, 0.15) is 0 Å². The summed E-state index contributed by atoms with van der Waals surface area (Å²) in [5.74, 6) is 6.00. The third-order valence-corrected chi connectivity index (χ3v) is 2.74. The van der Waals surface area contributed by atoms with Crippen LogP contribution < -0.4 is 11.3 Å². The third-order valence-electron chi connectivity index (χ3n) is 1.36. The molecule has 0 bridgehead atoms. The van der Waals surface area contributed by atoms with Crippen LogP contribution in [0.5, 0.6) is 0 Å². The summed E-state index contributed by atoms with van der Waals surface area (Å²) in [7, 11) is 0. The second-order valence-corrected chi connectivity index (χ2v) is 3.32. The second-order valence-electron chi connectivity index (χ2n) is 2.01. The van der Waals surface area contributed by atoms with E-state index in [1.54, 1.807) is 11.8 Å². The van der Waals surface area contributed by atoms with Gasteiger partial charge in [-0.05, 0) is 18.6 Å².